The zero-order valence-corrected chi connectivity index (χ0v) is 11.1. The highest BCUT2D eigenvalue weighted by Crippen LogP contribution is 2.27. The number of nitrogens with two attached hydrogens (primary N) is 1. The molecule has 0 unspecified atom stereocenters. The molecule has 1 amide bonds. The zero-order valence-electron chi connectivity index (χ0n) is 11.1. The zero-order chi connectivity index (χ0) is 13.3. The highest BCUT2D eigenvalue weighted by Gasteiger charge is 2.31. The van der Waals surface area contributed by atoms with E-state index >= 15 is 0 Å². The van der Waals surface area contributed by atoms with E-state index in [9.17, 15) is 4.79 Å². The standard InChI is InChI=1S/C12H20N4O2/c1-7(2)11-14-12(18-15-11)16-6-9(10(13)17)5-4-8(16)3/h7-9H,4-6H2,1-3H3,(H2,13,17)/t8-,9+/m1/s1. The molecule has 0 aromatic carbocycles. The summed E-state index contributed by atoms with van der Waals surface area (Å²) in [6, 6.07) is 0.790. The molecule has 0 saturated carbocycles. The van der Waals surface area contributed by atoms with Crippen molar-refractivity contribution in [1.82, 2.24) is 10.1 Å². The number of hydrogen-bond acceptors (Lipinski definition) is 5. The Balaban J connectivity index is 2.16. The molecule has 2 heterocycles. The molecule has 6 heteroatoms. The van der Waals surface area contributed by atoms with Gasteiger partial charge >= 0.3 is 6.01 Å². The normalized spacial score (nSPS) is 24.6. The first kappa shape index (κ1) is 12.9. The van der Waals surface area contributed by atoms with Gasteiger partial charge in [0.15, 0.2) is 5.82 Å². The summed E-state index contributed by atoms with van der Waals surface area (Å²) in [5.74, 6) is 0.541. The number of primary amides is 1. The third-order valence-corrected chi connectivity index (χ3v) is 3.48. The quantitative estimate of drug-likeness (QED) is 0.876. The van der Waals surface area contributed by atoms with Crippen LogP contribution in [-0.4, -0.2) is 28.6 Å². The van der Waals surface area contributed by atoms with Crippen LogP contribution in [0.1, 0.15) is 45.4 Å². The molecule has 1 aliphatic heterocycles. The Hall–Kier alpha value is -1.59. The minimum Gasteiger partial charge on any atom is -0.369 e. The molecular weight excluding hydrogens is 232 g/mol. The van der Waals surface area contributed by atoms with Crippen LogP contribution in [0.3, 0.4) is 0 Å². The molecule has 0 spiro atoms. The number of aromatic nitrogens is 2. The average molecular weight is 252 g/mol. The molecule has 1 aromatic rings. The number of rotatable bonds is 3. The van der Waals surface area contributed by atoms with Crippen molar-refractivity contribution in [2.24, 2.45) is 11.7 Å². The Bertz CT molecular complexity index is 429. The topological polar surface area (TPSA) is 85.3 Å². The van der Waals surface area contributed by atoms with Crippen molar-refractivity contribution in [1.29, 1.82) is 0 Å². The lowest BCUT2D eigenvalue weighted by atomic mass is 9.93. The minimum absolute atomic E-state index is 0.129. The van der Waals surface area contributed by atoms with Crippen LogP contribution in [0.15, 0.2) is 4.52 Å². The largest absolute Gasteiger partial charge is 0.369 e. The second-order valence-corrected chi connectivity index (χ2v) is 5.27. The number of hydrogen-bond donors (Lipinski definition) is 1. The van der Waals surface area contributed by atoms with Crippen molar-refractivity contribution >= 4 is 11.9 Å². The number of nitrogens with zero attached hydrogens (tertiary/aromatic N) is 3. The van der Waals surface area contributed by atoms with E-state index in [2.05, 4.69) is 17.1 Å². The monoisotopic (exact) mass is 252 g/mol. The number of carbonyl (C=O) groups is 1. The van der Waals surface area contributed by atoms with E-state index in [0.717, 1.165) is 12.8 Å². The van der Waals surface area contributed by atoms with Crippen molar-refractivity contribution in [3.05, 3.63) is 5.82 Å². The fraction of sp³-hybridized carbons (Fsp3) is 0.750. The highest BCUT2D eigenvalue weighted by molar-refractivity contribution is 5.77. The summed E-state index contributed by atoms with van der Waals surface area (Å²) in [7, 11) is 0. The number of anilines is 1. The Labute approximate surface area is 107 Å². The van der Waals surface area contributed by atoms with E-state index in [1.807, 2.05) is 18.7 Å². The Morgan fingerprint density at radius 3 is 2.78 bits per heavy atom. The van der Waals surface area contributed by atoms with Gasteiger partial charge in [-0.05, 0) is 19.8 Å². The number of carbonyl (C=O) groups excluding carboxylic acids is 1. The summed E-state index contributed by atoms with van der Waals surface area (Å²) >= 11 is 0. The van der Waals surface area contributed by atoms with Crippen LogP contribution in [0.5, 0.6) is 0 Å². The Morgan fingerprint density at radius 1 is 1.50 bits per heavy atom. The van der Waals surface area contributed by atoms with Crippen molar-refractivity contribution in [2.75, 3.05) is 11.4 Å². The molecule has 1 fully saturated rings. The summed E-state index contributed by atoms with van der Waals surface area (Å²) in [5.41, 5.74) is 5.37. The summed E-state index contributed by atoms with van der Waals surface area (Å²) in [6.45, 7) is 6.69. The van der Waals surface area contributed by atoms with Gasteiger partial charge in [0.2, 0.25) is 5.91 Å². The Kier molecular flexibility index (Phi) is 3.54. The molecule has 0 bridgehead atoms. The van der Waals surface area contributed by atoms with E-state index in [-0.39, 0.29) is 17.7 Å². The number of amides is 1. The van der Waals surface area contributed by atoms with Crippen LogP contribution >= 0.6 is 0 Å². The maximum absolute atomic E-state index is 11.3. The lowest BCUT2D eigenvalue weighted by Gasteiger charge is -2.35. The molecule has 1 aromatic heterocycles. The summed E-state index contributed by atoms with van der Waals surface area (Å²) < 4.78 is 5.28. The van der Waals surface area contributed by atoms with Gasteiger partial charge in [-0.25, -0.2) is 0 Å². The predicted octanol–water partition coefficient (Wildman–Crippen LogP) is 1.28. The van der Waals surface area contributed by atoms with Crippen LogP contribution in [0.4, 0.5) is 6.01 Å². The molecule has 2 N–H and O–H groups in total. The van der Waals surface area contributed by atoms with Crippen molar-refractivity contribution in [3.63, 3.8) is 0 Å². The van der Waals surface area contributed by atoms with Gasteiger partial charge in [-0.1, -0.05) is 19.0 Å². The minimum atomic E-state index is -0.254. The van der Waals surface area contributed by atoms with Crippen LogP contribution in [0.2, 0.25) is 0 Å². The lowest BCUT2D eigenvalue weighted by molar-refractivity contribution is -0.122. The first-order chi connectivity index (χ1) is 8.49. The van der Waals surface area contributed by atoms with Gasteiger partial charge in [0, 0.05) is 18.5 Å². The van der Waals surface area contributed by atoms with Gasteiger partial charge in [0.1, 0.15) is 0 Å². The second kappa shape index (κ2) is 4.96. The summed E-state index contributed by atoms with van der Waals surface area (Å²) in [4.78, 5) is 17.6. The molecule has 2 atom stereocenters. The van der Waals surface area contributed by atoms with Crippen LogP contribution in [-0.2, 0) is 4.79 Å². The van der Waals surface area contributed by atoms with E-state index < -0.39 is 0 Å². The maximum atomic E-state index is 11.3. The molecule has 0 radical (unpaired) electrons. The molecule has 0 aliphatic carbocycles. The van der Waals surface area contributed by atoms with Gasteiger partial charge in [-0.2, -0.15) is 4.98 Å². The predicted molar refractivity (Wildman–Crippen MR) is 67.1 cm³/mol. The van der Waals surface area contributed by atoms with Crippen LogP contribution < -0.4 is 10.6 Å². The van der Waals surface area contributed by atoms with Crippen molar-refractivity contribution < 1.29 is 9.32 Å². The number of piperidine rings is 1. The van der Waals surface area contributed by atoms with Crippen LogP contribution in [0.25, 0.3) is 0 Å². The SMILES string of the molecule is CC(C)c1noc(N2C[C@@H](C(N)=O)CC[C@H]2C)n1. The molecule has 1 saturated heterocycles. The van der Waals surface area contributed by atoms with Crippen LogP contribution in [0, 0.1) is 5.92 Å². The first-order valence-corrected chi connectivity index (χ1v) is 6.38. The van der Waals surface area contributed by atoms with Gasteiger partial charge < -0.3 is 15.2 Å². The third kappa shape index (κ3) is 2.47. The average Bonchev–Trinajstić information content (AvgIpc) is 2.78. The fourth-order valence-corrected chi connectivity index (χ4v) is 2.18. The molecule has 100 valence electrons. The van der Waals surface area contributed by atoms with E-state index in [1.165, 1.54) is 0 Å². The van der Waals surface area contributed by atoms with Crippen molar-refractivity contribution in [2.45, 2.75) is 45.6 Å². The van der Waals surface area contributed by atoms with Gasteiger partial charge in [0.25, 0.3) is 0 Å². The Morgan fingerprint density at radius 2 is 2.22 bits per heavy atom. The molecule has 1 aliphatic rings. The molecule has 6 nitrogen and oxygen atoms in total. The van der Waals surface area contributed by atoms with Crippen molar-refractivity contribution in [3.8, 4) is 0 Å². The summed E-state index contributed by atoms with van der Waals surface area (Å²) in [5, 5.41) is 3.95. The van der Waals surface area contributed by atoms with Gasteiger partial charge in [-0.3, -0.25) is 4.79 Å². The van der Waals surface area contributed by atoms with E-state index in [1.54, 1.807) is 0 Å². The fourth-order valence-electron chi connectivity index (χ4n) is 2.18. The lowest BCUT2D eigenvalue weighted by Crippen LogP contribution is -2.46. The second-order valence-electron chi connectivity index (χ2n) is 5.27. The molecule has 2 rings (SSSR count). The van der Waals surface area contributed by atoms with E-state index in [4.69, 9.17) is 10.3 Å². The highest BCUT2D eigenvalue weighted by atomic mass is 16.5. The van der Waals surface area contributed by atoms with Gasteiger partial charge in [-0.15, -0.1) is 0 Å². The smallest absolute Gasteiger partial charge is 0.324 e. The first-order valence-electron chi connectivity index (χ1n) is 6.38. The van der Waals surface area contributed by atoms with E-state index in [0.29, 0.717) is 24.4 Å². The third-order valence-electron chi connectivity index (χ3n) is 3.48. The molecular formula is C12H20N4O2. The molecule has 18 heavy (non-hydrogen) atoms. The summed E-state index contributed by atoms with van der Waals surface area (Å²) in [6.07, 6.45) is 1.74. The van der Waals surface area contributed by atoms with Gasteiger partial charge in [0.05, 0.1) is 5.92 Å². The maximum Gasteiger partial charge on any atom is 0.324 e.